The maximum Gasteiger partial charge on any atom is 0.268 e. The van der Waals surface area contributed by atoms with Gasteiger partial charge in [-0.05, 0) is 25.1 Å². The Bertz CT molecular complexity index is 614. The van der Waals surface area contributed by atoms with E-state index in [1.165, 1.54) is 0 Å². The predicted octanol–water partition coefficient (Wildman–Crippen LogP) is 3.00. The molecule has 5 nitrogen and oxygen atoms in total. The number of carbonyl (C=O) groups is 1. The van der Waals surface area contributed by atoms with Gasteiger partial charge in [0, 0.05) is 23.8 Å². The van der Waals surface area contributed by atoms with Crippen LogP contribution in [0.2, 0.25) is 0 Å². The molecule has 1 amide bonds. The van der Waals surface area contributed by atoms with E-state index in [1.54, 1.807) is 37.5 Å². The van der Waals surface area contributed by atoms with Gasteiger partial charge in [0.15, 0.2) is 0 Å². The van der Waals surface area contributed by atoms with Crippen molar-refractivity contribution in [2.75, 3.05) is 10.6 Å². The number of nitrogens with one attached hydrogen (secondary N) is 2. The maximum absolute atomic E-state index is 12.0. The summed E-state index contributed by atoms with van der Waals surface area (Å²) in [4.78, 5) is 20.0. The van der Waals surface area contributed by atoms with Crippen molar-refractivity contribution in [1.29, 1.82) is 0 Å². The summed E-state index contributed by atoms with van der Waals surface area (Å²) in [5, 5.41) is 5.63. The molecule has 0 radical (unpaired) electrons. The summed E-state index contributed by atoms with van der Waals surface area (Å²) in [6.45, 7) is 1.68. The van der Waals surface area contributed by atoms with Crippen molar-refractivity contribution in [2.24, 2.45) is 0 Å². The lowest BCUT2D eigenvalue weighted by Crippen LogP contribution is -2.15. The minimum atomic E-state index is -0.390. The Balaban J connectivity index is 2.06. The Morgan fingerprint density at radius 2 is 1.70 bits per heavy atom. The first-order valence-corrected chi connectivity index (χ1v) is 6.31. The largest absolute Gasteiger partial charge is 0.326 e. The van der Waals surface area contributed by atoms with Crippen LogP contribution in [-0.4, -0.2) is 15.9 Å². The Morgan fingerprint density at radius 1 is 1.05 bits per heavy atom. The number of rotatable bonds is 4. The molecule has 0 aliphatic heterocycles. The third kappa shape index (κ3) is 3.80. The average molecular weight is 289 g/mol. The second-order valence-corrected chi connectivity index (χ2v) is 4.33. The van der Waals surface area contributed by atoms with Crippen molar-refractivity contribution >= 4 is 29.1 Å². The molecule has 0 aliphatic rings. The zero-order valence-corrected chi connectivity index (χ0v) is 11.6. The molecular formula is C14H13ClN4O. The normalized spacial score (nSPS) is 11.5. The molecule has 0 atom stereocenters. The van der Waals surface area contributed by atoms with Gasteiger partial charge >= 0.3 is 0 Å². The van der Waals surface area contributed by atoms with Gasteiger partial charge in [0.1, 0.15) is 5.03 Å². The molecule has 0 saturated heterocycles. The highest BCUT2D eigenvalue weighted by Crippen LogP contribution is 2.14. The second-order valence-electron chi connectivity index (χ2n) is 3.96. The number of benzene rings is 1. The van der Waals surface area contributed by atoms with Gasteiger partial charge in [-0.15, -0.1) is 0 Å². The number of hydrogen-bond donors (Lipinski definition) is 2. The number of hydrogen-bond acceptors (Lipinski definition) is 4. The van der Waals surface area contributed by atoms with Gasteiger partial charge in [0.25, 0.3) is 5.91 Å². The first-order valence-electron chi connectivity index (χ1n) is 5.93. The smallest absolute Gasteiger partial charge is 0.268 e. The summed E-state index contributed by atoms with van der Waals surface area (Å²) >= 11 is 6.03. The van der Waals surface area contributed by atoms with E-state index >= 15 is 0 Å². The van der Waals surface area contributed by atoms with Gasteiger partial charge in [-0.2, -0.15) is 0 Å². The minimum Gasteiger partial charge on any atom is -0.326 e. The molecule has 2 rings (SSSR count). The lowest BCUT2D eigenvalue weighted by molar-refractivity contribution is -0.112. The highest BCUT2D eigenvalue weighted by Gasteiger charge is 2.11. The third-order valence-corrected chi connectivity index (χ3v) is 2.88. The number of anilines is 2. The van der Waals surface area contributed by atoms with E-state index in [2.05, 4.69) is 20.6 Å². The van der Waals surface area contributed by atoms with Crippen LogP contribution in [0, 0.1) is 0 Å². The molecule has 102 valence electrons. The van der Waals surface area contributed by atoms with E-state index in [-0.39, 0.29) is 5.03 Å². The molecule has 20 heavy (non-hydrogen) atoms. The Hall–Kier alpha value is -2.40. The van der Waals surface area contributed by atoms with Gasteiger partial charge in [0.05, 0.1) is 0 Å². The van der Waals surface area contributed by atoms with Gasteiger partial charge in [0.2, 0.25) is 5.95 Å². The van der Waals surface area contributed by atoms with Gasteiger partial charge in [-0.25, -0.2) is 9.97 Å². The number of amides is 1. The Kier molecular flexibility index (Phi) is 4.68. The molecule has 1 aromatic carbocycles. The van der Waals surface area contributed by atoms with E-state index < -0.39 is 5.91 Å². The fourth-order valence-electron chi connectivity index (χ4n) is 1.46. The zero-order chi connectivity index (χ0) is 14.4. The highest BCUT2D eigenvalue weighted by atomic mass is 35.5. The van der Waals surface area contributed by atoms with Crippen molar-refractivity contribution < 1.29 is 4.79 Å². The number of para-hydroxylation sites is 1. The Morgan fingerprint density at radius 3 is 2.35 bits per heavy atom. The first kappa shape index (κ1) is 14.0. The molecule has 0 fully saturated rings. The number of carbonyl (C=O) groups excluding carboxylic acids is 1. The van der Waals surface area contributed by atoms with Crippen LogP contribution < -0.4 is 10.6 Å². The molecule has 0 bridgehead atoms. The monoisotopic (exact) mass is 288 g/mol. The summed E-state index contributed by atoms with van der Waals surface area (Å²) < 4.78 is 0. The van der Waals surface area contributed by atoms with E-state index in [0.29, 0.717) is 17.3 Å². The van der Waals surface area contributed by atoms with Crippen LogP contribution in [0.15, 0.2) is 59.5 Å². The molecule has 6 heteroatoms. The van der Waals surface area contributed by atoms with Crippen LogP contribution in [0.3, 0.4) is 0 Å². The molecule has 1 aromatic heterocycles. The molecule has 0 unspecified atom stereocenters. The molecule has 0 spiro atoms. The first-order chi connectivity index (χ1) is 9.66. The van der Waals surface area contributed by atoms with Crippen molar-refractivity contribution in [1.82, 2.24) is 9.97 Å². The van der Waals surface area contributed by atoms with Crippen LogP contribution in [0.25, 0.3) is 0 Å². The van der Waals surface area contributed by atoms with E-state index in [4.69, 9.17) is 11.6 Å². The van der Waals surface area contributed by atoms with E-state index in [0.717, 1.165) is 0 Å². The number of allylic oxidation sites excluding steroid dienone is 1. The lowest BCUT2D eigenvalue weighted by atomic mass is 10.3. The maximum atomic E-state index is 12.0. The van der Waals surface area contributed by atoms with Crippen LogP contribution in [0.4, 0.5) is 11.6 Å². The lowest BCUT2D eigenvalue weighted by Gasteiger charge is -2.08. The van der Waals surface area contributed by atoms with Gasteiger partial charge < -0.3 is 10.6 Å². The molecule has 0 saturated carbocycles. The van der Waals surface area contributed by atoms with E-state index in [9.17, 15) is 4.79 Å². The van der Waals surface area contributed by atoms with Crippen LogP contribution in [-0.2, 0) is 4.79 Å². The predicted molar refractivity (Wildman–Crippen MR) is 79.3 cm³/mol. The molecule has 2 N–H and O–H groups in total. The fraction of sp³-hybridized carbons (Fsp3) is 0.0714. The summed E-state index contributed by atoms with van der Waals surface area (Å²) in [5.74, 6) is -0.00513. The molecule has 2 aromatic rings. The fourth-order valence-corrected chi connectivity index (χ4v) is 1.56. The topological polar surface area (TPSA) is 66.9 Å². The number of halogens is 1. The van der Waals surface area contributed by atoms with Crippen molar-refractivity contribution in [2.45, 2.75) is 6.92 Å². The van der Waals surface area contributed by atoms with Crippen molar-refractivity contribution in [3.63, 3.8) is 0 Å². The molecule has 0 aliphatic carbocycles. The molecule has 1 heterocycles. The second kappa shape index (κ2) is 6.68. The van der Waals surface area contributed by atoms with Crippen LogP contribution in [0.5, 0.6) is 0 Å². The van der Waals surface area contributed by atoms with Crippen LogP contribution >= 0.6 is 11.6 Å². The summed E-state index contributed by atoms with van der Waals surface area (Å²) in [5.41, 5.74) is 1.16. The average Bonchev–Trinajstić information content (AvgIpc) is 2.48. The standard InChI is InChI=1S/C14H13ClN4O/c1-10(18-14-16-8-5-9-17-14)12(15)13(20)19-11-6-3-2-4-7-11/h2-9H,1H3,(H,19,20)(H,16,17,18). The SMILES string of the molecule is CC(Nc1ncccn1)=C(Cl)C(=O)Nc1ccccc1. The van der Waals surface area contributed by atoms with E-state index in [1.807, 2.05) is 18.2 Å². The quantitative estimate of drug-likeness (QED) is 0.849. The van der Waals surface area contributed by atoms with Crippen LogP contribution in [0.1, 0.15) is 6.92 Å². The van der Waals surface area contributed by atoms with Crippen molar-refractivity contribution in [3.05, 3.63) is 59.5 Å². The highest BCUT2D eigenvalue weighted by molar-refractivity contribution is 6.44. The number of aromatic nitrogens is 2. The van der Waals surface area contributed by atoms with Gasteiger partial charge in [-0.1, -0.05) is 29.8 Å². The Labute approximate surface area is 121 Å². The minimum absolute atomic E-state index is 0.0568. The summed E-state index contributed by atoms with van der Waals surface area (Å²) in [6, 6.07) is 10.8. The summed E-state index contributed by atoms with van der Waals surface area (Å²) in [7, 11) is 0. The van der Waals surface area contributed by atoms with Crippen molar-refractivity contribution in [3.8, 4) is 0 Å². The zero-order valence-electron chi connectivity index (χ0n) is 10.8. The third-order valence-electron chi connectivity index (χ3n) is 2.43. The molecular weight excluding hydrogens is 276 g/mol. The summed E-state index contributed by atoms with van der Waals surface area (Å²) in [6.07, 6.45) is 3.20. The van der Waals surface area contributed by atoms with Gasteiger partial charge in [-0.3, -0.25) is 4.79 Å². The number of nitrogens with zero attached hydrogens (tertiary/aromatic N) is 2.